The number of aldehydes is 1. The van der Waals surface area contributed by atoms with Crippen LogP contribution in [0, 0.1) is 0 Å². The molecule has 1 heterocycles. The summed E-state index contributed by atoms with van der Waals surface area (Å²) in [6.45, 7) is 0.422. The molecule has 1 aliphatic carbocycles. The number of aromatic nitrogens is 2. The number of nitrogens with one attached hydrogen (secondary N) is 1. The van der Waals surface area contributed by atoms with Gasteiger partial charge in [-0.3, -0.25) is 4.79 Å². The van der Waals surface area contributed by atoms with Crippen LogP contribution < -0.4 is 10.9 Å². The summed E-state index contributed by atoms with van der Waals surface area (Å²) in [5, 5.41) is 8.45. The molecule has 0 aliphatic heterocycles. The first kappa shape index (κ1) is 17.8. The fraction of sp³-hybridized carbons (Fsp3) is 0.421. The van der Waals surface area contributed by atoms with Crippen molar-refractivity contribution in [3.63, 3.8) is 0 Å². The Morgan fingerprint density at radius 1 is 1.16 bits per heavy atom. The molecule has 25 heavy (non-hydrogen) atoms. The van der Waals surface area contributed by atoms with E-state index in [0.29, 0.717) is 23.3 Å². The Morgan fingerprint density at radius 3 is 2.56 bits per heavy atom. The van der Waals surface area contributed by atoms with E-state index in [-0.39, 0.29) is 5.56 Å². The van der Waals surface area contributed by atoms with Gasteiger partial charge in [-0.05, 0) is 31.0 Å². The van der Waals surface area contributed by atoms with Gasteiger partial charge >= 0.3 is 0 Å². The van der Waals surface area contributed by atoms with E-state index >= 15 is 0 Å². The zero-order valence-corrected chi connectivity index (χ0v) is 14.8. The van der Waals surface area contributed by atoms with Crippen molar-refractivity contribution in [2.75, 3.05) is 6.54 Å². The van der Waals surface area contributed by atoms with Gasteiger partial charge in [0.25, 0.3) is 5.56 Å². The third-order valence-electron chi connectivity index (χ3n) is 4.66. The minimum atomic E-state index is -0.610. The van der Waals surface area contributed by atoms with Crippen molar-refractivity contribution >= 4 is 17.9 Å². The number of benzene rings is 1. The summed E-state index contributed by atoms with van der Waals surface area (Å²) >= 11 is 5.91. The number of hydrogen-bond acceptors (Lipinski definition) is 4. The van der Waals surface area contributed by atoms with Gasteiger partial charge in [0, 0.05) is 29.2 Å². The Bertz CT molecular complexity index is 767. The second-order valence-electron chi connectivity index (χ2n) is 6.45. The largest absolute Gasteiger partial charge is 0.311 e. The highest BCUT2D eigenvalue weighted by Gasteiger charge is 2.18. The predicted molar refractivity (Wildman–Crippen MR) is 98.9 cm³/mol. The second-order valence-corrected chi connectivity index (χ2v) is 6.89. The molecule has 1 aromatic carbocycles. The zero-order chi connectivity index (χ0) is 17.6. The maximum atomic E-state index is 12.2. The maximum Gasteiger partial charge on any atom is 0.267 e. The molecule has 0 bridgehead atoms. The lowest BCUT2D eigenvalue weighted by Crippen LogP contribution is -2.39. The molecule has 0 amide bonds. The van der Waals surface area contributed by atoms with Gasteiger partial charge in [-0.15, -0.1) is 0 Å². The quantitative estimate of drug-likeness (QED) is 0.804. The summed E-state index contributed by atoms with van der Waals surface area (Å²) in [6.07, 6.45) is 6.74. The van der Waals surface area contributed by atoms with Crippen LogP contribution in [0.5, 0.6) is 0 Å². The molecule has 1 saturated carbocycles. The Morgan fingerprint density at radius 2 is 1.88 bits per heavy atom. The van der Waals surface area contributed by atoms with Crippen molar-refractivity contribution in [1.82, 2.24) is 15.1 Å². The smallest absolute Gasteiger partial charge is 0.267 e. The third kappa shape index (κ3) is 4.55. The van der Waals surface area contributed by atoms with E-state index in [1.807, 2.05) is 12.1 Å². The normalized spacial score (nSPS) is 16.5. The first-order valence-corrected chi connectivity index (χ1v) is 9.09. The van der Waals surface area contributed by atoms with Gasteiger partial charge in [-0.25, -0.2) is 4.68 Å². The fourth-order valence-corrected chi connectivity index (χ4v) is 3.35. The van der Waals surface area contributed by atoms with E-state index in [1.54, 1.807) is 18.2 Å². The molecule has 0 saturated heterocycles. The number of carbonyl (C=O) groups is 1. The van der Waals surface area contributed by atoms with E-state index in [1.165, 1.54) is 30.0 Å². The molecule has 0 radical (unpaired) electrons. The van der Waals surface area contributed by atoms with E-state index < -0.39 is 6.04 Å². The van der Waals surface area contributed by atoms with Crippen LogP contribution in [0.2, 0.25) is 5.02 Å². The maximum absolute atomic E-state index is 12.2. The first-order chi connectivity index (χ1) is 12.2. The van der Waals surface area contributed by atoms with Crippen LogP contribution in [0.3, 0.4) is 0 Å². The van der Waals surface area contributed by atoms with Gasteiger partial charge in [0.2, 0.25) is 0 Å². The monoisotopic (exact) mass is 359 g/mol. The van der Waals surface area contributed by atoms with Crippen LogP contribution in [-0.4, -0.2) is 28.7 Å². The molecule has 1 unspecified atom stereocenters. The minimum Gasteiger partial charge on any atom is -0.311 e. The van der Waals surface area contributed by atoms with Crippen molar-refractivity contribution in [3.8, 4) is 11.3 Å². The van der Waals surface area contributed by atoms with Crippen LogP contribution in [-0.2, 0) is 4.79 Å². The lowest BCUT2D eigenvalue weighted by molar-refractivity contribution is -0.110. The number of halogens is 1. The van der Waals surface area contributed by atoms with Crippen molar-refractivity contribution in [1.29, 1.82) is 0 Å². The molecule has 1 aromatic heterocycles. The van der Waals surface area contributed by atoms with Crippen molar-refractivity contribution in [3.05, 3.63) is 51.8 Å². The Kier molecular flexibility index (Phi) is 6.00. The number of rotatable bonds is 6. The van der Waals surface area contributed by atoms with Gasteiger partial charge in [-0.2, -0.15) is 5.10 Å². The lowest BCUT2D eigenvalue weighted by Gasteiger charge is -2.24. The molecule has 1 fully saturated rings. The van der Waals surface area contributed by atoms with Gasteiger partial charge in [-0.1, -0.05) is 43.0 Å². The van der Waals surface area contributed by atoms with Crippen LogP contribution >= 0.6 is 11.6 Å². The molecule has 1 N–H and O–H groups in total. The molecular formula is C19H22ClN3O2. The highest BCUT2D eigenvalue weighted by atomic mass is 35.5. The van der Waals surface area contributed by atoms with Crippen molar-refractivity contribution in [2.24, 2.45) is 0 Å². The fourth-order valence-electron chi connectivity index (χ4n) is 3.22. The second kappa shape index (κ2) is 8.41. The predicted octanol–water partition coefficient (Wildman–Crippen LogP) is 3.23. The summed E-state index contributed by atoms with van der Waals surface area (Å²) in [4.78, 5) is 23.8. The molecule has 2 aromatic rings. The van der Waals surface area contributed by atoms with Crippen molar-refractivity contribution < 1.29 is 4.79 Å². The average Bonchev–Trinajstić information content (AvgIpc) is 2.65. The van der Waals surface area contributed by atoms with E-state index in [9.17, 15) is 9.59 Å². The van der Waals surface area contributed by atoms with Crippen LogP contribution in [0.15, 0.2) is 41.2 Å². The number of hydrogen-bond donors (Lipinski definition) is 1. The molecule has 0 spiro atoms. The van der Waals surface area contributed by atoms with E-state index in [2.05, 4.69) is 10.4 Å². The van der Waals surface area contributed by atoms with Gasteiger partial charge < -0.3 is 10.1 Å². The Hall–Kier alpha value is -1.98. The molecule has 132 valence electrons. The lowest BCUT2D eigenvalue weighted by atomic mass is 9.95. The standard InChI is InChI=1S/C19H22ClN3O2/c20-15-8-6-14(7-9-15)18-10-11-19(25)23(22-18)17(13-24)12-21-16-4-2-1-3-5-16/h6-11,13,16-17,21H,1-5,12H2. The SMILES string of the molecule is O=CC(CNC1CCCCC1)n1nc(-c2ccc(Cl)cc2)ccc1=O. The van der Waals surface area contributed by atoms with Gasteiger partial charge in [0.15, 0.2) is 0 Å². The molecular weight excluding hydrogens is 338 g/mol. The molecule has 5 nitrogen and oxygen atoms in total. The highest BCUT2D eigenvalue weighted by Crippen LogP contribution is 2.19. The summed E-state index contributed by atoms with van der Waals surface area (Å²) in [7, 11) is 0. The van der Waals surface area contributed by atoms with Gasteiger partial charge in [0.1, 0.15) is 12.3 Å². The zero-order valence-electron chi connectivity index (χ0n) is 14.0. The summed E-state index contributed by atoms with van der Waals surface area (Å²) < 4.78 is 1.27. The molecule has 6 heteroatoms. The van der Waals surface area contributed by atoms with Crippen LogP contribution in [0.4, 0.5) is 0 Å². The molecule has 3 rings (SSSR count). The Balaban J connectivity index is 1.78. The van der Waals surface area contributed by atoms with E-state index in [4.69, 9.17) is 11.6 Å². The summed E-state index contributed by atoms with van der Waals surface area (Å²) in [5.74, 6) is 0. The first-order valence-electron chi connectivity index (χ1n) is 8.72. The van der Waals surface area contributed by atoms with Crippen molar-refractivity contribution in [2.45, 2.75) is 44.2 Å². The minimum absolute atomic E-state index is 0.278. The molecule has 1 aliphatic rings. The summed E-state index contributed by atoms with van der Waals surface area (Å²) in [6, 6.07) is 10.2. The Labute approximate surface area is 152 Å². The van der Waals surface area contributed by atoms with Crippen LogP contribution in [0.25, 0.3) is 11.3 Å². The number of carbonyl (C=O) groups excluding carboxylic acids is 1. The van der Waals surface area contributed by atoms with Crippen LogP contribution in [0.1, 0.15) is 38.1 Å². The highest BCUT2D eigenvalue weighted by molar-refractivity contribution is 6.30. The van der Waals surface area contributed by atoms with E-state index in [0.717, 1.165) is 24.7 Å². The number of nitrogens with zero attached hydrogens (tertiary/aromatic N) is 2. The van der Waals surface area contributed by atoms with Gasteiger partial charge in [0.05, 0.1) is 5.69 Å². The summed E-state index contributed by atoms with van der Waals surface area (Å²) in [5.41, 5.74) is 1.21. The molecule has 1 atom stereocenters. The topological polar surface area (TPSA) is 64.0 Å². The third-order valence-corrected chi connectivity index (χ3v) is 4.91. The average molecular weight is 360 g/mol.